The third-order valence-corrected chi connectivity index (χ3v) is 4.73. The number of nitrogens with one attached hydrogen (secondary N) is 2. The van der Waals surface area contributed by atoms with Crippen molar-refractivity contribution in [2.45, 2.75) is 26.7 Å². The Morgan fingerprint density at radius 1 is 1.15 bits per heavy atom. The van der Waals surface area contributed by atoms with Crippen molar-refractivity contribution in [1.82, 2.24) is 5.32 Å². The Morgan fingerprint density at radius 3 is 2.54 bits per heavy atom. The van der Waals surface area contributed by atoms with Crippen molar-refractivity contribution in [1.29, 1.82) is 0 Å². The predicted octanol–water partition coefficient (Wildman–Crippen LogP) is 4.34. The van der Waals surface area contributed by atoms with Crippen LogP contribution in [0.3, 0.4) is 0 Å². The van der Waals surface area contributed by atoms with Crippen LogP contribution in [0.1, 0.15) is 34.8 Å². The summed E-state index contributed by atoms with van der Waals surface area (Å²) in [6.07, 6.45) is 2.09. The van der Waals surface area contributed by atoms with Crippen LogP contribution in [0.25, 0.3) is 0 Å². The summed E-state index contributed by atoms with van der Waals surface area (Å²) >= 11 is 5.43. The first-order valence-corrected chi connectivity index (χ1v) is 9.22. The topological polar surface area (TPSA) is 50.4 Å². The fraction of sp³-hybridized carbons (Fsp3) is 0.333. The van der Waals surface area contributed by atoms with Crippen molar-refractivity contribution in [2.75, 3.05) is 19.0 Å². The molecule has 0 fully saturated rings. The maximum Gasteiger partial charge on any atom is 0.338 e. The molecule has 0 heterocycles. The molecule has 0 aliphatic rings. The minimum atomic E-state index is -0.348. The van der Waals surface area contributed by atoms with Gasteiger partial charge in [-0.1, -0.05) is 49.7 Å². The van der Waals surface area contributed by atoms with Gasteiger partial charge in [0.15, 0.2) is 5.11 Å². The van der Waals surface area contributed by atoms with E-state index < -0.39 is 0 Å². The fourth-order valence-corrected chi connectivity index (χ4v) is 3.01. The minimum Gasteiger partial charge on any atom is -0.465 e. The molecule has 2 N–H and O–H groups in total. The van der Waals surface area contributed by atoms with Crippen LogP contribution in [-0.2, 0) is 11.2 Å². The normalized spacial score (nSPS) is 11.5. The highest BCUT2D eigenvalue weighted by molar-refractivity contribution is 7.80. The summed E-state index contributed by atoms with van der Waals surface area (Å²) in [4.78, 5) is 11.8. The van der Waals surface area contributed by atoms with Crippen LogP contribution in [0.4, 0.5) is 5.69 Å². The maximum atomic E-state index is 11.8. The molecule has 4 nitrogen and oxygen atoms in total. The van der Waals surface area contributed by atoms with E-state index in [1.807, 2.05) is 25.1 Å². The van der Waals surface area contributed by atoms with Crippen LogP contribution < -0.4 is 10.6 Å². The molecule has 0 radical (unpaired) electrons. The Balaban J connectivity index is 1.93. The number of carbonyl (C=O) groups is 1. The standard InChI is InChI=1S/C21H26N2O2S/c1-4-16(13-17-9-6-5-7-10-17)14-22-21(26)23-19-12-8-11-18(15(19)2)20(24)25-3/h5-12,16H,4,13-14H2,1-3H3,(H2,22,23,26). The number of benzene rings is 2. The number of carbonyl (C=O) groups excluding carboxylic acids is 1. The van der Waals surface area contributed by atoms with Crippen molar-refractivity contribution in [3.05, 3.63) is 65.2 Å². The lowest BCUT2D eigenvalue weighted by Gasteiger charge is -2.19. The zero-order valence-corrected chi connectivity index (χ0v) is 16.4. The zero-order valence-electron chi connectivity index (χ0n) is 15.5. The van der Waals surface area contributed by atoms with Crippen molar-refractivity contribution in [3.8, 4) is 0 Å². The van der Waals surface area contributed by atoms with Crippen LogP contribution in [0.15, 0.2) is 48.5 Å². The van der Waals surface area contributed by atoms with E-state index in [4.69, 9.17) is 17.0 Å². The lowest BCUT2D eigenvalue weighted by molar-refractivity contribution is 0.0600. The largest absolute Gasteiger partial charge is 0.465 e. The van der Waals surface area contributed by atoms with Gasteiger partial charge in [0.25, 0.3) is 0 Å². The number of hydrogen-bond acceptors (Lipinski definition) is 3. The highest BCUT2D eigenvalue weighted by atomic mass is 32.1. The van der Waals surface area contributed by atoms with E-state index in [1.54, 1.807) is 6.07 Å². The highest BCUT2D eigenvalue weighted by Gasteiger charge is 2.13. The summed E-state index contributed by atoms with van der Waals surface area (Å²) in [6.45, 7) is 4.87. The second kappa shape index (κ2) is 9.92. The number of esters is 1. The van der Waals surface area contributed by atoms with E-state index >= 15 is 0 Å². The van der Waals surface area contributed by atoms with Gasteiger partial charge in [0.2, 0.25) is 0 Å². The lowest BCUT2D eigenvalue weighted by Crippen LogP contribution is -2.33. The third kappa shape index (κ3) is 5.56. The SMILES string of the molecule is CCC(CNC(=S)Nc1cccc(C(=O)OC)c1C)Cc1ccccc1. The molecular formula is C21H26N2O2S. The summed E-state index contributed by atoms with van der Waals surface area (Å²) in [5.74, 6) is 0.151. The first-order chi connectivity index (χ1) is 12.5. The number of thiocarbonyl (C=S) groups is 1. The lowest BCUT2D eigenvalue weighted by atomic mass is 9.97. The van der Waals surface area contributed by atoms with Gasteiger partial charge in [-0.25, -0.2) is 4.79 Å². The van der Waals surface area contributed by atoms with Gasteiger partial charge in [0, 0.05) is 12.2 Å². The maximum absolute atomic E-state index is 11.8. The highest BCUT2D eigenvalue weighted by Crippen LogP contribution is 2.19. The summed E-state index contributed by atoms with van der Waals surface area (Å²) in [5.41, 5.74) is 3.50. The molecule has 0 spiro atoms. The summed E-state index contributed by atoms with van der Waals surface area (Å²) in [6, 6.07) is 15.9. The first-order valence-electron chi connectivity index (χ1n) is 8.81. The Morgan fingerprint density at radius 2 is 1.88 bits per heavy atom. The van der Waals surface area contributed by atoms with Gasteiger partial charge < -0.3 is 15.4 Å². The van der Waals surface area contributed by atoms with Gasteiger partial charge in [0.05, 0.1) is 12.7 Å². The summed E-state index contributed by atoms with van der Waals surface area (Å²) in [5, 5.41) is 7.04. The molecular weight excluding hydrogens is 344 g/mol. The molecule has 0 aromatic heterocycles. The van der Waals surface area contributed by atoms with Gasteiger partial charge >= 0.3 is 5.97 Å². The molecule has 0 saturated carbocycles. The van der Waals surface area contributed by atoms with Gasteiger partial charge in [-0.2, -0.15) is 0 Å². The monoisotopic (exact) mass is 370 g/mol. The molecule has 2 rings (SSSR count). The van der Waals surface area contributed by atoms with Gasteiger partial charge in [-0.05, 0) is 54.7 Å². The molecule has 2 aromatic carbocycles. The molecule has 26 heavy (non-hydrogen) atoms. The van der Waals surface area contributed by atoms with Crippen molar-refractivity contribution in [3.63, 3.8) is 0 Å². The molecule has 5 heteroatoms. The quantitative estimate of drug-likeness (QED) is 0.561. The van der Waals surface area contributed by atoms with Crippen molar-refractivity contribution in [2.24, 2.45) is 5.92 Å². The Hall–Kier alpha value is -2.40. The average Bonchev–Trinajstić information content (AvgIpc) is 2.67. The minimum absolute atomic E-state index is 0.348. The number of hydrogen-bond donors (Lipinski definition) is 2. The second-order valence-electron chi connectivity index (χ2n) is 6.27. The Bertz CT molecular complexity index is 747. The number of anilines is 1. The number of methoxy groups -OCH3 is 1. The third-order valence-electron chi connectivity index (χ3n) is 4.48. The number of ether oxygens (including phenoxy) is 1. The molecule has 0 bridgehead atoms. The Kier molecular flexibility index (Phi) is 7.60. The summed E-state index contributed by atoms with van der Waals surface area (Å²) < 4.78 is 4.81. The fourth-order valence-electron chi connectivity index (χ4n) is 2.81. The summed E-state index contributed by atoms with van der Waals surface area (Å²) in [7, 11) is 1.38. The van der Waals surface area contributed by atoms with Crippen LogP contribution in [0, 0.1) is 12.8 Å². The van der Waals surface area contributed by atoms with E-state index in [0.717, 1.165) is 30.6 Å². The average molecular weight is 371 g/mol. The van der Waals surface area contributed by atoms with Crippen LogP contribution in [-0.4, -0.2) is 24.7 Å². The van der Waals surface area contributed by atoms with E-state index in [9.17, 15) is 4.79 Å². The van der Waals surface area contributed by atoms with Gasteiger partial charge in [-0.15, -0.1) is 0 Å². The van der Waals surface area contributed by atoms with Gasteiger partial charge in [0.1, 0.15) is 0 Å². The molecule has 2 aromatic rings. The molecule has 0 aliphatic heterocycles. The predicted molar refractivity (Wildman–Crippen MR) is 111 cm³/mol. The van der Waals surface area contributed by atoms with E-state index in [1.165, 1.54) is 12.7 Å². The molecule has 138 valence electrons. The van der Waals surface area contributed by atoms with Crippen LogP contribution in [0.2, 0.25) is 0 Å². The van der Waals surface area contributed by atoms with Crippen molar-refractivity contribution >= 4 is 29.0 Å². The second-order valence-corrected chi connectivity index (χ2v) is 6.68. The molecule has 0 aliphatic carbocycles. The van der Waals surface area contributed by atoms with Gasteiger partial charge in [-0.3, -0.25) is 0 Å². The van der Waals surface area contributed by atoms with Crippen LogP contribution in [0.5, 0.6) is 0 Å². The van der Waals surface area contributed by atoms with E-state index in [-0.39, 0.29) is 5.97 Å². The molecule has 0 saturated heterocycles. The Labute approximate surface area is 161 Å². The smallest absolute Gasteiger partial charge is 0.338 e. The molecule has 1 atom stereocenters. The van der Waals surface area contributed by atoms with Crippen molar-refractivity contribution < 1.29 is 9.53 Å². The molecule has 0 amide bonds. The first kappa shape index (κ1) is 19.9. The number of rotatable bonds is 7. The van der Waals surface area contributed by atoms with E-state index in [2.05, 4.69) is 41.8 Å². The van der Waals surface area contributed by atoms with Crippen LogP contribution >= 0.6 is 12.2 Å². The molecule has 1 unspecified atom stereocenters. The zero-order chi connectivity index (χ0) is 18.9. The van der Waals surface area contributed by atoms with E-state index in [0.29, 0.717) is 16.6 Å².